The van der Waals surface area contributed by atoms with Gasteiger partial charge >= 0.3 is 0 Å². The molecule has 0 radical (unpaired) electrons. The Balaban J connectivity index is 2.20. The Morgan fingerprint density at radius 1 is 1.44 bits per heavy atom. The molecule has 96 valence electrons. The van der Waals surface area contributed by atoms with E-state index < -0.39 is 0 Å². The Morgan fingerprint density at radius 3 is 2.75 bits per heavy atom. The third-order valence-electron chi connectivity index (χ3n) is 3.32. The van der Waals surface area contributed by atoms with E-state index in [1.165, 1.54) is 38.2 Å². The molecule has 0 aromatic rings. The molecule has 0 aromatic carbocycles. The average Bonchev–Trinajstić information content (AvgIpc) is 2.24. The normalized spacial score (nSPS) is 24.9. The van der Waals surface area contributed by atoms with Crippen molar-refractivity contribution in [1.82, 2.24) is 4.90 Å². The van der Waals surface area contributed by atoms with Crippen molar-refractivity contribution < 1.29 is 0 Å². The van der Waals surface area contributed by atoms with Crippen LogP contribution in [0.15, 0.2) is 0 Å². The van der Waals surface area contributed by atoms with Gasteiger partial charge in [-0.15, -0.1) is 0 Å². The summed E-state index contributed by atoms with van der Waals surface area (Å²) in [5.74, 6) is 2.81. The molecular formula is C13H28N2S. The third kappa shape index (κ3) is 5.55. The maximum absolute atomic E-state index is 5.84. The first-order valence-corrected chi connectivity index (χ1v) is 7.70. The van der Waals surface area contributed by atoms with Crippen molar-refractivity contribution in [2.45, 2.75) is 38.9 Å². The maximum Gasteiger partial charge on any atom is 0.0147 e. The molecular weight excluding hydrogens is 216 g/mol. The molecule has 1 aliphatic rings. The van der Waals surface area contributed by atoms with Gasteiger partial charge in [0, 0.05) is 24.1 Å². The zero-order chi connectivity index (χ0) is 12.0. The molecule has 1 aliphatic heterocycles. The van der Waals surface area contributed by atoms with Crippen molar-refractivity contribution in [2.75, 3.05) is 31.9 Å². The summed E-state index contributed by atoms with van der Waals surface area (Å²) >= 11 is 2.11. The third-order valence-corrected chi connectivity index (χ3v) is 4.45. The van der Waals surface area contributed by atoms with E-state index in [1.807, 2.05) is 0 Å². The lowest BCUT2D eigenvalue weighted by molar-refractivity contribution is 0.252. The van der Waals surface area contributed by atoms with E-state index in [9.17, 15) is 0 Å². The van der Waals surface area contributed by atoms with Crippen molar-refractivity contribution in [3.05, 3.63) is 0 Å². The summed E-state index contributed by atoms with van der Waals surface area (Å²) in [6, 6.07) is 0. The molecule has 0 bridgehead atoms. The first-order valence-electron chi connectivity index (χ1n) is 6.65. The molecule has 2 atom stereocenters. The van der Waals surface area contributed by atoms with Gasteiger partial charge in [0.25, 0.3) is 0 Å². The van der Waals surface area contributed by atoms with Crippen LogP contribution in [0, 0.1) is 11.8 Å². The summed E-state index contributed by atoms with van der Waals surface area (Å²) in [7, 11) is 0. The lowest BCUT2D eigenvalue weighted by atomic mass is 9.94. The molecule has 1 saturated heterocycles. The molecule has 0 spiro atoms. The van der Waals surface area contributed by atoms with Crippen molar-refractivity contribution in [2.24, 2.45) is 17.6 Å². The van der Waals surface area contributed by atoms with Gasteiger partial charge in [-0.25, -0.2) is 0 Å². The van der Waals surface area contributed by atoms with E-state index in [4.69, 9.17) is 5.73 Å². The van der Waals surface area contributed by atoms with E-state index in [1.54, 1.807) is 0 Å². The largest absolute Gasteiger partial charge is 0.330 e. The van der Waals surface area contributed by atoms with Crippen molar-refractivity contribution in [3.63, 3.8) is 0 Å². The van der Waals surface area contributed by atoms with Gasteiger partial charge in [-0.3, -0.25) is 0 Å². The second kappa shape index (κ2) is 7.57. The predicted octanol–water partition coefficient (Wildman–Crippen LogP) is 2.43. The van der Waals surface area contributed by atoms with Gasteiger partial charge in [-0.2, -0.15) is 11.8 Å². The van der Waals surface area contributed by atoms with Crippen LogP contribution in [0.3, 0.4) is 0 Å². The van der Waals surface area contributed by atoms with Crippen LogP contribution in [0.25, 0.3) is 0 Å². The topological polar surface area (TPSA) is 29.3 Å². The summed E-state index contributed by atoms with van der Waals surface area (Å²) < 4.78 is 0. The summed E-state index contributed by atoms with van der Waals surface area (Å²) in [5.41, 5.74) is 5.84. The predicted molar refractivity (Wildman–Crippen MR) is 75.0 cm³/mol. The van der Waals surface area contributed by atoms with Crippen molar-refractivity contribution in [1.29, 1.82) is 0 Å². The fraction of sp³-hybridized carbons (Fsp3) is 1.00. The van der Waals surface area contributed by atoms with Crippen LogP contribution in [0.4, 0.5) is 0 Å². The monoisotopic (exact) mass is 244 g/mol. The van der Waals surface area contributed by atoms with Gasteiger partial charge in [0.1, 0.15) is 0 Å². The highest BCUT2D eigenvalue weighted by Gasteiger charge is 2.17. The molecule has 0 amide bonds. The smallest absolute Gasteiger partial charge is 0.0147 e. The Morgan fingerprint density at radius 2 is 2.19 bits per heavy atom. The quantitative estimate of drug-likeness (QED) is 0.778. The summed E-state index contributed by atoms with van der Waals surface area (Å²) in [4.78, 5) is 2.62. The second-order valence-corrected chi connectivity index (χ2v) is 7.05. The van der Waals surface area contributed by atoms with Gasteiger partial charge in [-0.05, 0) is 37.8 Å². The zero-order valence-corrected chi connectivity index (χ0v) is 11.9. The molecule has 2 unspecified atom stereocenters. The highest BCUT2D eigenvalue weighted by molar-refractivity contribution is 7.99. The molecule has 1 heterocycles. The van der Waals surface area contributed by atoms with Gasteiger partial charge < -0.3 is 10.6 Å². The lowest BCUT2D eigenvalue weighted by Gasteiger charge is -2.31. The average molecular weight is 244 g/mol. The first-order chi connectivity index (χ1) is 7.61. The SMILES string of the molecule is CC(C)CC(CN)CCN1CCSC(C)C1. The molecule has 0 aromatic heterocycles. The van der Waals surface area contributed by atoms with Crippen LogP contribution in [0.1, 0.15) is 33.6 Å². The number of thioether (sulfide) groups is 1. The van der Waals surface area contributed by atoms with Crippen molar-refractivity contribution >= 4 is 11.8 Å². The van der Waals surface area contributed by atoms with Crippen LogP contribution in [0.2, 0.25) is 0 Å². The minimum absolute atomic E-state index is 0.727. The fourth-order valence-corrected chi connectivity index (χ4v) is 3.54. The van der Waals surface area contributed by atoms with Gasteiger partial charge in [0.2, 0.25) is 0 Å². The van der Waals surface area contributed by atoms with E-state index in [-0.39, 0.29) is 0 Å². The van der Waals surface area contributed by atoms with Gasteiger partial charge in [0.05, 0.1) is 0 Å². The van der Waals surface area contributed by atoms with Gasteiger partial charge in [-0.1, -0.05) is 20.8 Å². The first kappa shape index (κ1) is 14.3. The number of nitrogens with zero attached hydrogens (tertiary/aromatic N) is 1. The minimum Gasteiger partial charge on any atom is -0.330 e. The standard InChI is InChI=1S/C13H28N2S/c1-11(2)8-13(9-14)4-5-15-6-7-16-12(3)10-15/h11-13H,4-10,14H2,1-3H3. The second-order valence-electron chi connectivity index (χ2n) is 5.50. The minimum atomic E-state index is 0.727. The molecule has 0 aliphatic carbocycles. The number of hydrogen-bond acceptors (Lipinski definition) is 3. The Hall–Kier alpha value is 0.270. The Bertz CT molecular complexity index is 181. The van der Waals surface area contributed by atoms with Gasteiger partial charge in [0.15, 0.2) is 0 Å². The van der Waals surface area contributed by atoms with E-state index >= 15 is 0 Å². The Kier molecular flexibility index (Phi) is 6.78. The van der Waals surface area contributed by atoms with Crippen LogP contribution in [-0.4, -0.2) is 42.1 Å². The fourth-order valence-electron chi connectivity index (χ4n) is 2.46. The molecule has 1 fully saturated rings. The van der Waals surface area contributed by atoms with Crippen LogP contribution < -0.4 is 5.73 Å². The molecule has 1 rings (SSSR count). The van der Waals surface area contributed by atoms with E-state index in [0.717, 1.165) is 23.6 Å². The molecule has 3 heteroatoms. The maximum atomic E-state index is 5.84. The zero-order valence-electron chi connectivity index (χ0n) is 11.1. The summed E-state index contributed by atoms with van der Waals surface area (Å²) in [5, 5.41) is 0.815. The van der Waals surface area contributed by atoms with E-state index in [2.05, 4.69) is 37.4 Å². The lowest BCUT2D eigenvalue weighted by Crippen LogP contribution is -2.38. The summed E-state index contributed by atoms with van der Waals surface area (Å²) in [6.07, 6.45) is 2.57. The van der Waals surface area contributed by atoms with E-state index in [0.29, 0.717) is 0 Å². The molecule has 0 saturated carbocycles. The number of rotatable bonds is 6. The van der Waals surface area contributed by atoms with Crippen LogP contribution >= 0.6 is 11.8 Å². The molecule has 2 nitrogen and oxygen atoms in total. The Labute approximate surface area is 105 Å². The highest BCUT2D eigenvalue weighted by Crippen LogP contribution is 2.20. The number of hydrogen-bond donors (Lipinski definition) is 1. The molecule has 2 N–H and O–H groups in total. The highest BCUT2D eigenvalue weighted by atomic mass is 32.2. The number of nitrogens with two attached hydrogens (primary N) is 1. The van der Waals surface area contributed by atoms with Crippen molar-refractivity contribution in [3.8, 4) is 0 Å². The molecule has 16 heavy (non-hydrogen) atoms. The summed E-state index contributed by atoms with van der Waals surface area (Å²) in [6.45, 7) is 11.6. The van der Waals surface area contributed by atoms with Crippen LogP contribution in [0.5, 0.6) is 0 Å². The van der Waals surface area contributed by atoms with Crippen LogP contribution in [-0.2, 0) is 0 Å².